The van der Waals surface area contributed by atoms with Crippen molar-refractivity contribution in [2.45, 2.75) is 13.8 Å². The predicted octanol–water partition coefficient (Wildman–Crippen LogP) is 3.66. The van der Waals surface area contributed by atoms with Gasteiger partial charge in [-0.3, -0.25) is 9.69 Å². The molecule has 0 saturated carbocycles. The molecular formula is C20H20N2O3S. The predicted molar refractivity (Wildman–Crippen MR) is 107 cm³/mol. The maximum absolute atomic E-state index is 12.9. The Balaban J connectivity index is 1.93. The number of carbonyl (C=O) groups excluding carboxylic acids is 1. The zero-order valence-electron chi connectivity index (χ0n) is 14.9. The number of benzene rings is 2. The molecule has 0 aliphatic carbocycles. The first-order chi connectivity index (χ1) is 12.5. The van der Waals surface area contributed by atoms with Gasteiger partial charge in [-0.05, 0) is 61.5 Å². The molecule has 6 heteroatoms. The van der Waals surface area contributed by atoms with Crippen LogP contribution in [0.2, 0.25) is 0 Å². The largest absolute Gasteiger partial charge is 0.493 e. The zero-order chi connectivity index (χ0) is 18.7. The summed E-state index contributed by atoms with van der Waals surface area (Å²) in [5.74, 6) is 1.10. The minimum absolute atomic E-state index is 0.182. The molecule has 0 spiro atoms. The molecule has 0 radical (unpaired) electrons. The smallest absolute Gasteiger partial charge is 0.281 e. The minimum Gasteiger partial charge on any atom is -0.493 e. The second-order valence-electron chi connectivity index (χ2n) is 5.76. The number of methoxy groups -OCH3 is 1. The highest BCUT2D eigenvalue weighted by atomic mass is 32.1. The molecule has 3 rings (SSSR count). The highest BCUT2D eigenvalue weighted by Crippen LogP contribution is 2.30. The van der Waals surface area contributed by atoms with E-state index < -0.39 is 0 Å². The number of nitrogens with zero attached hydrogens (tertiary/aromatic N) is 1. The first-order valence-electron chi connectivity index (χ1n) is 8.28. The van der Waals surface area contributed by atoms with Crippen LogP contribution in [0.15, 0.2) is 48.2 Å². The van der Waals surface area contributed by atoms with Gasteiger partial charge in [-0.1, -0.05) is 24.3 Å². The third kappa shape index (κ3) is 3.41. The second-order valence-corrected chi connectivity index (χ2v) is 6.15. The van der Waals surface area contributed by atoms with Crippen molar-refractivity contribution in [3.05, 3.63) is 59.3 Å². The number of nitrogens with one attached hydrogen (secondary N) is 1. The van der Waals surface area contributed by atoms with Gasteiger partial charge in [-0.15, -0.1) is 0 Å². The van der Waals surface area contributed by atoms with Crippen LogP contribution in [-0.2, 0) is 4.79 Å². The summed E-state index contributed by atoms with van der Waals surface area (Å²) in [5, 5.41) is 3.37. The Hall–Kier alpha value is -2.86. The Labute approximate surface area is 158 Å². The fraction of sp³-hybridized carbons (Fsp3) is 0.200. The van der Waals surface area contributed by atoms with Crippen LogP contribution in [0.25, 0.3) is 6.08 Å². The molecule has 1 heterocycles. The van der Waals surface area contributed by atoms with Gasteiger partial charge < -0.3 is 14.8 Å². The van der Waals surface area contributed by atoms with E-state index in [2.05, 4.69) is 5.32 Å². The van der Waals surface area contributed by atoms with Crippen LogP contribution in [0.4, 0.5) is 5.69 Å². The summed E-state index contributed by atoms with van der Waals surface area (Å²) in [5.41, 5.74) is 3.00. The number of ether oxygens (including phenoxy) is 2. The van der Waals surface area contributed by atoms with E-state index in [-0.39, 0.29) is 5.91 Å². The van der Waals surface area contributed by atoms with Gasteiger partial charge in [0.15, 0.2) is 16.6 Å². The molecule has 0 atom stereocenters. The van der Waals surface area contributed by atoms with E-state index in [1.54, 1.807) is 13.2 Å². The van der Waals surface area contributed by atoms with Gasteiger partial charge in [0.05, 0.1) is 19.4 Å². The lowest BCUT2D eigenvalue weighted by Gasteiger charge is -2.16. The molecule has 0 unspecified atom stereocenters. The number of carbonyl (C=O) groups is 1. The van der Waals surface area contributed by atoms with Crippen molar-refractivity contribution in [3.63, 3.8) is 0 Å². The summed E-state index contributed by atoms with van der Waals surface area (Å²) in [4.78, 5) is 14.4. The van der Waals surface area contributed by atoms with Gasteiger partial charge in [-0.2, -0.15) is 0 Å². The van der Waals surface area contributed by atoms with Gasteiger partial charge in [0.25, 0.3) is 5.91 Å². The quantitative estimate of drug-likeness (QED) is 0.645. The Bertz CT molecular complexity index is 892. The number of hydrogen-bond donors (Lipinski definition) is 1. The molecule has 1 amide bonds. The molecule has 0 bridgehead atoms. The third-order valence-corrected chi connectivity index (χ3v) is 4.32. The molecule has 1 N–H and O–H groups in total. The second kappa shape index (κ2) is 7.58. The maximum Gasteiger partial charge on any atom is 0.281 e. The van der Waals surface area contributed by atoms with E-state index in [1.165, 1.54) is 4.90 Å². The lowest BCUT2D eigenvalue weighted by Crippen LogP contribution is -2.30. The molecule has 0 aromatic heterocycles. The number of thiocarbonyl (C=S) groups is 1. The van der Waals surface area contributed by atoms with Crippen molar-refractivity contribution in [3.8, 4) is 11.5 Å². The fourth-order valence-corrected chi connectivity index (χ4v) is 3.08. The zero-order valence-corrected chi connectivity index (χ0v) is 15.7. The van der Waals surface area contributed by atoms with Crippen LogP contribution in [0, 0.1) is 6.92 Å². The number of para-hydroxylation sites is 1. The molecule has 5 nitrogen and oxygen atoms in total. The number of anilines is 1. The summed E-state index contributed by atoms with van der Waals surface area (Å²) < 4.78 is 10.9. The van der Waals surface area contributed by atoms with Crippen LogP contribution in [0.1, 0.15) is 18.1 Å². The summed E-state index contributed by atoms with van der Waals surface area (Å²) in [7, 11) is 1.59. The SMILES string of the molecule is CCOc1cc(/C=C2\NC(=S)N(c3ccccc3C)C2=O)ccc1OC. The first-order valence-corrected chi connectivity index (χ1v) is 8.69. The summed E-state index contributed by atoms with van der Waals surface area (Å²) >= 11 is 5.37. The summed E-state index contributed by atoms with van der Waals surface area (Å²) in [6.07, 6.45) is 1.76. The molecule has 1 aliphatic heterocycles. The number of amides is 1. The van der Waals surface area contributed by atoms with Crippen LogP contribution < -0.4 is 19.7 Å². The lowest BCUT2D eigenvalue weighted by atomic mass is 10.1. The van der Waals surface area contributed by atoms with E-state index in [0.717, 1.165) is 16.8 Å². The van der Waals surface area contributed by atoms with E-state index in [1.807, 2.05) is 56.3 Å². The standard InChI is InChI=1S/C20H20N2O3S/c1-4-25-18-12-14(9-10-17(18)24-3)11-15-19(23)22(20(26)21-15)16-8-6-5-7-13(16)2/h5-12H,4H2,1-3H3,(H,21,26)/b15-11-. The summed E-state index contributed by atoms with van der Waals surface area (Å²) in [6.45, 7) is 4.38. The molecule has 2 aromatic carbocycles. The molecular weight excluding hydrogens is 348 g/mol. The highest BCUT2D eigenvalue weighted by Gasteiger charge is 2.32. The Morgan fingerprint density at radius 3 is 2.65 bits per heavy atom. The van der Waals surface area contributed by atoms with Crippen molar-refractivity contribution in [2.75, 3.05) is 18.6 Å². The van der Waals surface area contributed by atoms with Crippen molar-refractivity contribution < 1.29 is 14.3 Å². The van der Waals surface area contributed by atoms with Crippen molar-refractivity contribution in [1.29, 1.82) is 0 Å². The highest BCUT2D eigenvalue weighted by molar-refractivity contribution is 7.80. The first kappa shape index (κ1) is 17.9. The Kier molecular flexibility index (Phi) is 5.23. The maximum atomic E-state index is 12.9. The number of hydrogen-bond acceptors (Lipinski definition) is 4. The van der Waals surface area contributed by atoms with E-state index in [9.17, 15) is 4.79 Å². The van der Waals surface area contributed by atoms with E-state index in [4.69, 9.17) is 21.7 Å². The molecule has 1 saturated heterocycles. The van der Waals surface area contributed by atoms with Gasteiger partial charge >= 0.3 is 0 Å². The number of aryl methyl sites for hydroxylation is 1. The van der Waals surface area contributed by atoms with Crippen LogP contribution in [-0.4, -0.2) is 24.7 Å². The topological polar surface area (TPSA) is 50.8 Å². The van der Waals surface area contributed by atoms with Crippen LogP contribution >= 0.6 is 12.2 Å². The van der Waals surface area contributed by atoms with Crippen molar-refractivity contribution >= 4 is 35.0 Å². The van der Waals surface area contributed by atoms with Gasteiger partial charge in [0, 0.05) is 0 Å². The van der Waals surface area contributed by atoms with Gasteiger partial charge in [0.1, 0.15) is 5.70 Å². The Morgan fingerprint density at radius 2 is 1.96 bits per heavy atom. The average molecular weight is 368 g/mol. The molecule has 134 valence electrons. The third-order valence-electron chi connectivity index (χ3n) is 4.03. The number of rotatable bonds is 5. The molecule has 1 fully saturated rings. The average Bonchev–Trinajstić information content (AvgIpc) is 2.90. The van der Waals surface area contributed by atoms with E-state index in [0.29, 0.717) is 28.9 Å². The fourth-order valence-electron chi connectivity index (χ4n) is 2.79. The van der Waals surface area contributed by atoms with Crippen molar-refractivity contribution in [1.82, 2.24) is 5.32 Å². The summed E-state index contributed by atoms with van der Waals surface area (Å²) in [6, 6.07) is 13.2. The molecule has 2 aromatic rings. The Morgan fingerprint density at radius 1 is 1.19 bits per heavy atom. The van der Waals surface area contributed by atoms with Gasteiger partial charge in [0.2, 0.25) is 0 Å². The van der Waals surface area contributed by atoms with Crippen molar-refractivity contribution in [2.24, 2.45) is 0 Å². The lowest BCUT2D eigenvalue weighted by molar-refractivity contribution is -0.113. The van der Waals surface area contributed by atoms with Gasteiger partial charge in [-0.25, -0.2) is 0 Å². The van der Waals surface area contributed by atoms with Crippen LogP contribution in [0.5, 0.6) is 11.5 Å². The monoisotopic (exact) mass is 368 g/mol. The molecule has 1 aliphatic rings. The minimum atomic E-state index is -0.182. The normalized spacial score (nSPS) is 15.3. The van der Waals surface area contributed by atoms with E-state index >= 15 is 0 Å². The van der Waals surface area contributed by atoms with Crippen LogP contribution in [0.3, 0.4) is 0 Å². The molecule has 26 heavy (non-hydrogen) atoms.